The van der Waals surface area contributed by atoms with Crippen molar-refractivity contribution >= 4 is 63.7 Å². The zero-order chi connectivity index (χ0) is 42.7. The number of hydrogen-bond acceptors (Lipinski definition) is 10. The number of carbonyl (C=O) groups is 4. The number of nitrogens with zero attached hydrogens (tertiary/aromatic N) is 8. The van der Waals surface area contributed by atoms with Gasteiger partial charge in [-0.05, 0) is 99.6 Å². The molecule has 4 aromatic rings. The molecule has 0 unspecified atom stereocenters. The molecule has 1 aromatic carbocycles. The van der Waals surface area contributed by atoms with Crippen LogP contribution < -0.4 is 15.5 Å². The lowest BCUT2D eigenvalue weighted by Crippen LogP contribution is -2.49. The molecule has 0 radical (unpaired) electrons. The van der Waals surface area contributed by atoms with Gasteiger partial charge in [0.25, 0.3) is 5.91 Å². The summed E-state index contributed by atoms with van der Waals surface area (Å²) in [5.41, 5.74) is 3.52. The van der Waals surface area contributed by atoms with Gasteiger partial charge < -0.3 is 29.8 Å². The van der Waals surface area contributed by atoms with Gasteiger partial charge in [-0.3, -0.25) is 29.6 Å². The number of hydrogen-bond donors (Lipinski definition) is 3. The van der Waals surface area contributed by atoms with E-state index in [9.17, 15) is 19.2 Å². The maximum absolute atomic E-state index is 13.6. The Morgan fingerprint density at radius 1 is 0.968 bits per heavy atom. The van der Waals surface area contributed by atoms with E-state index in [4.69, 9.17) is 10.1 Å². The fraction of sp³-hybridized carbons (Fsp3) is 0.435. The predicted molar refractivity (Wildman–Crippen MR) is 236 cm³/mol. The molecular formula is C46H53N11O5. The first-order valence-electron chi connectivity index (χ1n) is 21.8. The van der Waals surface area contributed by atoms with Crippen LogP contribution in [0.25, 0.3) is 16.6 Å². The average molecular weight is 840 g/mol. The zero-order valence-electron chi connectivity index (χ0n) is 35.0. The van der Waals surface area contributed by atoms with Crippen molar-refractivity contribution < 1.29 is 23.9 Å². The molecule has 0 bridgehead atoms. The van der Waals surface area contributed by atoms with Gasteiger partial charge in [-0.2, -0.15) is 9.61 Å². The van der Waals surface area contributed by atoms with Gasteiger partial charge in [-0.25, -0.2) is 9.78 Å². The molecule has 0 atom stereocenters. The van der Waals surface area contributed by atoms with Crippen LogP contribution in [0.1, 0.15) is 63.8 Å². The number of piperidine rings is 2. The van der Waals surface area contributed by atoms with Crippen LogP contribution in [0, 0.1) is 23.2 Å². The van der Waals surface area contributed by atoms with Gasteiger partial charge in [-0.1, -0.05) is 6.07 Å². The van der Waals surface area contributed by atoms with Crippen molar-refractivity contribution in [1.82, 2.24) is 34.3 Å². The number of allylic oxidation sites excluding steroid dienone is 3. The molecule has 5 amide bonds. The predicted octanol–water partition coefficient (Wildman–Crippen LogP) is 5.90. The van der Waals surface area contributed by atoms with Gasteiger partial charge in [-0.15, -0.1) is 0 Å². The van der Waals surface area contributed by atoms with Crippen molar-refractivity contribution in [3.05, 3.63) is 90.2 Å². The Morgan fingerprint density at radius 3 is 2.55 bits per heavy atom. The quantitative estimate of drug-likeness (QED) is 0.165. The maximum atomic E-state index is 13.6. The van der Waals surface area contributed by atoms with E-state index in [1.165, 1.54) is 23.9 Å². The number of urea groups is 1. The third-order valence-electron chi connectivity index (χ3n) is 13.2. The number of aliphatic imine (C=N–C) groups is 1. The van der Waals surface area contributed by atoms with E-state index < -0.39 is 5.91 Å². The summed E-state index contributed by atoms with van der Waals surface area (Å²) in [6.45, 7) is 5.18. The van der Waals surface area contributed by atoms with E-state index >= 15 is 0 Å². The summed E-state index contributed by atoms with van der Waals surface area (Å²) >= 11 is 0. The topological polar surface area (TPSA) is 183 Å². The van der Waals surface area contributed by atoms with Crippen molar-refractivity contribution in [3.8, 4) is 0 Å². The molecule has 9 rings (SSSR count). The fourth-order valence-corrected chi connectivity index (χ4v) is 9.77. The Morgan fingerprint density at radius 2 is 1.77 bits per heavy atom. The molecule has 3 saturated heterocycles. The van der Waals surface area contributed by atoms with Crippen molar-refractivity contribution in [1.29, 1.82) is 5.41 Å². The van der Waals surface area contributed by atoms with Gasteiger partial charge in [0.05, 0.1) is 35.8 Å². The van der Waals surface area contributed by atoms with Crippen molar-refractivity contribution in [3.63, 3.8) is 0 Å². The van der Waals surface area contributed by atoms with Crippen LogP contribution in [0.15, 0.2) is 95.2 Å². The number of carbonyl (C=O) groups excluding carboxylic acids is 4. The van der Waals surface area contributed by atoms with Crippen molar-refractivity contribution in [2.45, 2.75) is 63.8 Å². The summed E-state index contributed by atoms with van der Waals surface area (Å²) in [5, 5.41) is 19.1. The molecule has 4 fully saturated rings. The molecule has 16 nitrogen and oxygen atoms in total. The molecule has 62 heavy (non-hydrogen) atoms. The smallest absolute Gasteiger partial charge is 0.328 e. The Balaban J connectivity index is 0.715. The highest BCUT2D eigenvalue weighted by molar-refractivity contribution is 6.16. The largest absolute Gasteiger partial charge is 0.496 e. The van der Waals surface area contributed by atoms with E-state index in [0.29, 0.717) is 47.9 Å². The van der Waals surface area contributed by atoms with Crippen LogP contribution in [0.4, 0.5) is 16.3 Å². The molecule has 6 heterocycles. The van der Waals surface area contributed by atoms with Crippen LogP contribution >= 0.6 is 0 Å². The number of methoxy groups -OCH3 is 1. The van der Waals surface area contributed by atoms with Gasteiger partial charge in [0.15, 0.2) is 11.5 Å². The highest BCUT2D eigenvalue weighted by Gasteiger charge is 2.33. The maximum Gasteiger partial charge on any atom is 0.328 e. The van der Waals surface area contributed by atoms with E-state index in [0.717, 1.165) is 101 Å². The number of benzene rings is 1. The number of rotatable bonds is 10. The number of aromatic nitrogens is 4. The second kappa shape index (κ2) is 17.9. The average Bonchev–Trinajstić information content (AvgIpc) is 3.92. The normalized spacial score (nSPS) is 23.0. The highest BCUT2D eigenvalue weighted by atomic mass is 16.5. The fourth-order valence-electron chi connectivity index (χ4n) is 9.77. The number of fused-ring (bicyclic) bond motifs is 2. The number of nitrogens with one attached hydrogen (secondary N) is 3. The van der Waals surface area contributed by atoms with Gasteiger partial charge in [0.2, 0.25) is 11.8 Å². The molecule has 2 aliphatic carbocycles. The molecule has 1 saturated carbocycles. The summed E-state index contributed by atoms with van der Waals surface area (Å²) in [6.07, 6.45) is 19.9. The Kier molecular flexibility index (Phi) is 11.8. The molecule has 3 N–H and O–H groups in total. The second-order valence-corrected chi connectivity index (χ2v) is 17.1. The standard InChI is InChI=1S/C46H53N11O5/c1-62-40-25-37(47)33(24-36(40)44(59)51-42-28-49-41-6-3-17-50-57(41)42)27-48-26-30-7-9-32(10-8-30)45(60)54-20-11-31(12-21-54)29-53-18-13-34(14-19-53)55-22-15-35-38(55)4-2-5-39(35)56-23-16-43(58)52-46(56)61/h2-6,15,17,22,24-28,30-32,34,47H,7-14,16,18-21,23,29H2,1H3,(H,51,59)(H,52,58,61)/b33-27-,47-37?,48-26?. The zero-order valence-corrected chi connectivity index (χ0v) is 35.0. The minimum absolute atomic E-state index is 0.0480. The Labute approximate surface area is 359 Å². The molecular weight excluding hydrogens is 787 g/mol. The third kappa shape index (κ3) is 8.56. The summed E-state index contributed by atoms with van der Waals surface area (Å²) in [5.74, 6) is 1.24. The van der Waals surface area contributed by atoms with Crippen LogP contribution in [0.2, 0.25) is 0 Å². The van der Waals surface area contributed by atoms with Crippen LogP contribution in [0.3, 0.4) is 0 Å². The molecule has 16 heteroatoms. The molecule has 0 spiro atoms. The van der Waals surface area contributed by atoms with Gasteiger partial charge in [0.1, 0.15) is 5.76 Å². The summed E-state index contributed by atoms with van der Waals surface area (Å²) in [6, 6.07) is 11.8. The van der Waals surface area contributed by atoms with Crippen molar-refractivity contribution in [2.75, 3.05) is 56.6 Å². The lowest BCUT2D eigenvalue weighted by Gasteiger charge is -2.39. The number of anilines is 2. The van der Waals surface area contributed by atoms with E-state index in [1.807, 2.05) is 18.3 Å². The molecule has 3 aromatic heterocycles. The molecule has 5 aliphatic rings. The minimum Gasteiger partial charge on any atom is -0.496 e. The second-order valence-electron chi connectivity index (χ2n) is 17.1. The number of amides is 5. The van der Waals surface area contributed by atoms with E-state index in [2.05, 4.69) is 58.4 Å². The van der Waals surface area contributed by atoms with E-state index in [-0.39, 0.29) is 40.8 Å². The van der Waals surface area contributed by atoms with E-state index in [1.54, 1.807) is 35.5 Å². The number of ether oxygens (including phenoxy) is 1. The first-order valence-corrected chi connectivity index (χ1v) is 21.8. The lowest BCUT2D eigenvalue weighted by molar-refractivity contribution is -0.138. The van der Waals surface area contributed by atoms with Crippen LogP contribution in [-0.4, -0.2) is 111 Å². The molecule has 3 aliphatic heterocycles. The van der Waals surface area contributed by atoms with Crippen molar-refractivity contribution in [2.24, 2.45) is 22.7 Å². The summed E-state index contributed by atoms with van der Waals surface area (Å²) < 4.78 is 9.35. The first kappa shape index (κ1) is 41.0. The number of imide groups is 1. The highest BCUT2D eigenvalue weighted by Crippen LogP contribution is 2.35. The van der Waals surface area contributed by atoms with Crippen LogP contribution in [0.5, 0.6) is 0 Å². The van der Waals surface area contributed by atoms with Gasteiger partial charge >= 0.3 is 6.03 Å². The Hall–Kier alpha value is -6.42. The lowest BCUT2D eigenvalue weighted by atomic mass is 9.81. The number of likely N-dealkylation sites (tertiary alicyclic amines) is 2. The number of imidazole rings is 1. The first-order chi connectivity index (χ1) is 30.2. The van der Waals surface area contributed by atoms with Crippen LogP contribution in [-0.2, 0) is 19.1 Å². The Bertz CT molecular complexity index is 2510. The summed E-state index contributed by atoms with van der Waals surface area (Å²) in [4.78, 5) is 66.5. The summed E-state index contributed by atoms with van der Waals surface area (Å²) in [7, 11) is 1.47. The minimum atomic E-state index is -0.413. The molecule has 322 valence electrons. The van der Waals surface area contributed by atoms with Gasteiger partial charge in [0, 0.05) is 99.5 Å². The monoisotopic (exact) mass is 839 g/mol. The SMILES string of the molecule is COC1=CC(=N)/C(=C\N=CC2CCC(C(=O)N3CCC(CN4CCC(n5ccc6c(N7CCC(=O)NC7=O)cccc65)CC4)CC3)CC2)C=C1C(=O)Nc1cnc2cccnn12. The third-order valence-corrected chi connectivity index (χ3v) is 13.2.